The molecule has 11 heteroatoms. The maximum absolute atomic E-state index is 12.7. The van der Waals surface area contributed by atoms with Crippen LogP contribution >= 0.6 is 22.9 Å². The quantitative estimate of drug-likeness (QED) is 0.399. The van der Waals surface area contributed by atoms with Crippen LogP contribution in [-0.2, 0) is 16.0 Å². The number of nitrogens with one attached hydrogen (secondary N) is 4. The molecule has 3 rings (SSSR count). The highest BCUT2D eigenvalue weighted by Crippen LogP contribution is 2.15. The lowest BCUT2D eigenvalue weighted by Gasteiger charge is -2.18. The molecule has 0 aliphatic carbocycles. The van der Waals surface area contributed by atoms with E-state index in [4.69, 9.17) is 21.7 Å². The van der Waals surface area contributed by atoms with Crippen LogP contribution in [-0.4, -0.2) is 41.5 Å². The smallest absolute Gasteiger partial charge is 0.319 e. The first-order valence-electron chi connectivity index (χ1n) is 9.76. The summed E-state index contributed by atoms with van der Waals surface area (Å²) < 4.78 is 6.63. The van der Waals surface area contributed by atoms with Gasteiger partial charge >= 0.3 is 6.03 Å². The molecule has 2 aromatic carbocycles. The van der Waals surface area contributed by atoms with Crippen LogP contribution in [0.2, 0.25) is 5.02 Å². The summed E-state index contributed by atoms with van der Waals surface area (Å²) in [6.45, 7) is 1.98. The third kappa shape index (κ3) is 6.16. The lowest BCUT2D eigenvalue weighted by Crippen LogP contribution is -2.48. The topological polar surface area (TPSA) is 121 Å². The maximum atomic E-state index is 12.7. The number of halogens is 1. The summed E-state index contributed by atoms with van der Waals surface area (Å²) in [5.41, 5.74) is 1.80. The number of anilines is 2. The fourth-order valence-electron chi connectivity index (χ4n) is 2.77. The second-order valence-electron chi connectivity index (χ2n) is 6.72. The van der Waals surface area contributed by atoms with Crippen LogP contribution < -0.4 is 20.8 Å². The van der Waals surface area contributed by atoms with Gasteiger partial charge in [-0.2, -0.15) is 5.10 Å². The summed E-state index contributed by atoms with van der Waals surface area (Å²) >= 11 is 7.16. The van der Waals surface area contributed by atoms with Crippen LogP contribution in [0.25, 0.3) is 5.69 Å². The number of aryl methyl sites for hydroxylation is 1. The molecule has 32 heavy (non-hydrogen) atoms. The lowest BCUT2D eigenvalue weighted by atomic mass is 10.2. The third-order valence-electron chi connectivity index (χ3n) is 4.36. The van der Waals surface area contributed by atoms with Crippen LogP contribution in [0.3, 0.4) is 0 Å². The first kappa shape index (κ1) is 23.5. The molecule has 4 N–H and O–H groups in total. The van der Waals surface area contributed by atoms with Crippen LogP contribution in [0.4, 0.5) is 16.2 Å². The Morgan fingerprint density at radius 1 is 1.12 bits per heavy atom. The van der Waals surface area contributed by atoms with Crippen molar-refractivity contribution < 1.29 is 14.3 Å². The molecule has 1 heterocycles. The zero-order valence-corrected chi connectivity index (χ0v) is 19.1. The number of urea groups is 1. The minimum absolute atomic E-state index is 0.00533. The molecule has 0 spiro atoms. The predicted octanol–water partition coefficient (Wildman–Crippen LogP) is 3.40. The molecule has 0 fully saturated rings. The van der Waals surface area contributed by atoms with Crippen molar-refractivity contribution in [1.82, 2.24) is 15.1 Å². The van der Waals surface area contributed by atoms with Gasteiger partial charge in [-0.3, -0.25) is 10.2 Å². The van der Waals surface area contributed by atoms with Crippen LogP contribution in [0.1, 0.15) is 11.9 Å². The molecular weight excluding hydrogens is 452 g/mol. The molecule has 1 atom stereocenters. The first-order chi connectivity index (χ1) is 15.4. The lowest BCUT2D eigenvalue weighted by molar-refractivity contribution is -0.119. The number of aromatic nitrogens is 2. The number of hydrogen-bond donors (Lipinski definition) is 4. The van der Waals surface area contributed by atoms with Crippen molar-refractivity contribution in [2.24, 2.45) is 0 Å². The Kier molecular flexibility index (Phi) is 7.98. The number of amides is 3. The largest absolute Gasteiger partial charge is 0.382 e. The van der Waals surface area contributed by atoms with Gasteiger partial charge in [-0.05, 0) is 55.0 Å². The molecule has 0 saturated carbocycles. The number of rotatable bonds is 8. The zero-order chi connectivity index (χ0) is 23.1. The Morgan fingerprint density at radius 2 is 1.75 bits per heavy atom. The maximum Gasteiger partial charge on any atom is 0.319 e. The predicted molar refractivity (Wildman–Crippen MR) is 125 cm³/mol. The van der Waals surface area contributed by atoms with Gasteiger partial charge in [-0.25, -0.2) is 9.48 Å². The monoisotopic (exact) mass is 474 g/mol. The highest BCUT2D eigenvalue weighted by Gasteiger charge is 2.21. The Hall–Kier alpha value is -3.21. The number of carbonyl (C=O) groups excluding carboxylic acids is 2. The number of ether oxygens (including phenoxy) is 1. The minimum Gasteiger partial charge on any atom is -0.382 e. The van der Waals surface area contributed by atoms with Gasteiger partial charge in [0.05, 0.1) is 12.3 Å². The Morgan fingerprint density at radius 3 is 2.34 bits per heavy atom. The molecule has 0 bridgehead atoms. The van der Waals surface area contributed by atoms with Crippen LogP contribution in [0.5, 0.6) is 0 Å². The number of nitrogens with zero attached hydrogens (tertiary/aromatic N) is 2. The van der Waals surface area contributed by atoms with E-state index in [0.717, 1.165) is 17.1 Å². The standard InChI is InChI=1S/C21H23ClN6O3S/c1-3-18-27-28(20(23)32-18)16-10-8-14(9-11-16)24-19(29)17(12-31-2)26-21(30)25-15-6-4-13(22)5-7-15/h4-11,17,23H,3,12H2,1-2H3,(H,24,29)(H2,25,26,30). The average molecular weight is 475 g/mol. The molecule has 0 aliphatic rings. The van der Waals surface area contributed by atoms with Gasteiger partial charge in [0.15, 0.2) is 0 Å². The van der Waals surface area contributed by atoms with Gasteiger partial charge in [0.1, 0.15) is 11.0 Å². The normalized spacial score (nSPS) is 11.6. The van der Waals surface area contributed by atoms with Crippen molar-refractivity contribution in [2.75, 3.05) is 24.4 Å². The summed E-state index contributed by atoms with van der Waals surface area (Å²) in [6.07, 6.45) is 0.761. The van der Waals surface area contributed by atoms with E-state index in [1.54, 1.807) is 53.2 Å². The Labute approximate surface area is 193 Å². The summed E-state index contributed by atoms with van der Waals surface area (Å²) in [7, 11) is 1.45. The van der Waals surface area contributed by atoms with Crippen molar-refractivity contribution in [1.29, 1.82) is 5.41 Å². The van der Waals surface area contributed by atoms with E-state index in [0.29, 0.717) is 21.2 Å². The van der Waals surface area contributed by atoms with Crippen LogP contribution in [0, 0.1) is 5.41 Å². The number of carbonyl (C=O) groups is 2. The molecule has 1 aromatic heterocycles. The van der Waals surface area contributed by atoms with Crippen molar-refractivity contribution in [2.45, 2.75) is 19.4 Å². The fraction of sp³-hybridized carbons (Fsp3) is 0.238. The van der Waals surface area contributed by atoms with Gasteiger partial charge in [0.25, 0.3) is 0 Å². The first-order valence-corrected chi connectivity index (χ1v) is 11.0. The number of methoxy groups -OCH3 is 1. The molecule has 168 valence electrons. The van der Waals surface area contributed by atoms with E-state index in [9.17, 15) is 9.59 Å². The van der Waals surface area contributed by atoms with Gasteiger partial charge < -0.3 is 20.7 Å². The molecule has 3 amide bonds. The van der Waals surface area contributed by atoms with E-state index >= 15 is 0 Å². The third-order valence-corrected chi connectivity index (χ3v) is 5.58. The van der Waals surface area contributed by atoms with Gasteiger partial charge in [-0.15, -0.1) is 0 Å². The average Bonchev–Trinajstić information content (AvgIpc) is 3.16. The molecule has 1 unspecified atom stereocenters. The van der Waals surface area contributed by atoms with Crippen molar-refractivity contribution >= 4 is 46.3 Å². The second-order valence-corrected chi connectivity index (χ2v) is 8.21. The molecule has 0 radical (unpaired) electrons. The van der Waals surface area contributed by atoms with Gasteiger partial charge in [-0.1, -0.05) is 29.9 Å². The highest BCUT2D eigenvalue weighted by molar-refractivity contribution is 7.08. The van der Waals surface area contributed by atoms with E-state index < -0.39 is 18.0 Å². The highest BCUT2D eigenvalue weighted by atomic mass is 35.5. The van der Waals surface area contributed by atoms with E-state index in [1.165, 1.54) is 18.4 Å². The van der Waals surface area contributed by atoms with Gasteiger partial charge in [0.2, 0.25) is 10.7 Å². The number of benzene rings is 2. The number of hydrogen-bond acceptors (Lipinski definition) is 6. The fourth-order valence-corrected chi connectivity index (χ4v) is 3.62. The Bertz CT molecular complexity index is 1130. The Balaban J connectivity index is 1.63. The molecule has 9 nitrogen and oxygen atoms in total. The molecule has 3 aromatic rings. The van der Waals surface area contributed by atoms with Crippen LogP contribution in [0.15, 0.2) is 48.5 Å². The molecule has 0 aliphatic heterocycles. The SMILES string of the molecule is CCc1nn(-c2ccc(NC(=O)C(COC)NC(=O)Nc3ccc(Cl)cc3)cc2)c(=N)s1. The van der Waals surface area contributed by atoms with E-state index in [2.05, 4.69) is 21.0 Å². The summed E-state index contributed by atoms with van der Waals surface area (Å²) in [4.78, 5) is 25.3. The van der Waals surface area contributed by atoms with Crippen molar-refractivity contribution in [3.05, 3.63) is 63.4 Å². The second kappa shape index (κ2) is 10.9. The van der Waals surface area contributed by atoms with E-state index in [1.807, 2.05) is 6.92 Å². The van der Waals surface area contributed by atoms with Gasteiger partial charge in [0, 0.05) is 23.5 Å². The minimum atomic E-state index is -0.910. The molecule has 0 saturated heterocycles. The summed E-state index contributed by atoms with van der Waals surface area (Å²) in [6, 6.07) is 12.1. The summed E-state index contributed by atoms with van der Waals surface area (Å²) in [5.74, 6) is -0.429. The zero-order valence-electron chi connectivity index (χ0n) is 17.5. The summed E-state index contributed by atoms with van der Waals surface area (Å²) in [5, 5.41) is 21.9. The van der Waals surface area contributed by atoms with Crippen molar-refractivity contribution in [3.8, 4) is 5.69 Å². The van der Waals surface area contributed by atoms with E-state index in [-0.39, 0.29) is 6.61 Å². The molecular formula is C21H23ClN6O3S. The van der Waals surface area contributed by atoms with Crippen molar-refractivity contribution in [3.63, 3.8) is 0 Å².